The van der Waals surface area contributed by atoms with E-state index in [4.69, 9.17) is 0 Å². The Kier molecular flexibility index (Phi) is 5.31. The molecule has 0 saturated carbocycles. The van der Waals surface area contributed by atoms with Crippen molar-refractivity contribution in [1.29, 1.82) is 0 Å². The van der Waals surface area contributed by atoms with E-state index < -0.39 is 0 Å². The Morgan fingerprint density at radius 3 is 2.58 bits per heavy atom. The lowest BCUT2D eigenvalue weighted by Gasteiger charge is -2.11. The second-order valence-corrected chi connectivity index (χ2v) is 6.07. The second-order valence-electron chi connectivity index (χ2n) is 6.07. The van der Waals surface area contributed by atoms with Gasteiger partial charge in [-0.3, -0.25) is 9.59 Å². The number of aryl methyl sites for hydroxylation is 2. The van der Waals surface area contributed by atoms with Crippen LogP contribution in [0.5, 0.6) is 0 Å². The molecule has 0 aliphatic heterocycles. The molecule has 0 fully saturated rings. The quantitative estimate of drug-likeness (QED) is 0.718. The van der Waals surface area contributed by atoms with Crippen LogP contribution in [0, 0.1) is 6.92 Å². The Hall–Kier alpha value is -3.15. The number of rotatable bonds is 6. The SMILES string of the molecule is CCc1ccccc1NC(=O)CNC(=O)Cn1c(C)nc2ccccc21. The van der Waals surface area contributed by atoms with Crippen molar-refractivity contribution in [1.82, 2.24) is 14.9 Å². The summed E-state index contributed by atoms with van der Waals surface area (Å²) in [6, 6.07) is 15.3. The lowest BCUT2D eigenvalue weighted by atomic mass is 10.1. The van der Waals surface area contributed by atoms with Crippen LogP contribution in [-0.2, 0) is 22.6 Å². The summed E-state index contributed by atoms with van der Waals surface area (Å²) in [5.41, 5.74) is 3.60. The molecule has 0 atom stereocenters. The van der Waals surface area contributed by atoms with Crippen molar-refractivity contribution in [2.75, 3.05) is 11.9 Å². The number of amides is 2. The molecule has 3 aromatic rings. The topological polar surface area (TPSA) is 76.0 Å². The van der Waals surface area contributed by atoms with E-state index in [0.717, 1.165) is 34.5 Å². The maximum atomic E-state index is 12.2. The fourth-order valence-corrected chi connectivity index (χ4v) is 2.92. The van der Waals surface area contributed by atoms with Gasteiger partial charge in [-0.05, 0) is 37.1 Å². The third kappa shape index (κ3) is 3.91. The number of nitrogens with one attached hydrogen (secondary N) is 2. The van der Waals surface area contributed by atoms with Gasteiger partial charge in [0.2, 0.25) is 11.8 Å². The van der Waals surface area contributed by atoms with Gasteiger partial charge in [0.05, 0.1) is 17.6 Å². The molecular weight excluding hydrogens is 328 g/mol. The van der Waals surface area contributed by atoms with Crippen LogP contribution in [0.15, 0.2) is 48.5 Å². The van der Waals surface area contributed by atoms with Gasteiger partial charge in [0.25, 0.3) is 0 Å². The van der Waals surface area contributed by atoms with E-state index >= 15 is 0 Å². The summed E-state index contributed by atoms with van der Waals surface area (Å²) < 4.78 is 1.84. The molecule has 134 valence electrons. The van der Waals surface area contributed by atoms with Crippen LogP contribution in [0.1, 0.15) is 18.3 Å². The van der Waals surface area contributed by atoms with Crippen molar-refractivity contribution in [2.24, 2.45) is 0 Å². The van der Waals surface area contributed by atoms with E-state index in [2.05, 4.69) is 15.6 Å². The number of para-hydroxylation sites is 3. The fourth-order valence-electron chi connectivity index (χ4n) is 2.92. The van der Waals surface area contributed by atoms with Crippen LogP contribution < -0.4 is 10.6 Å². The van der Waals surface area contributed by atoms with Crippen molar-refractivity contribution in [3.8, 4) is 0 Å². The number of fused-ring (bicyclic) bond motifs is 1. The van der Waals surface area contributed by atoms with Gasteiger partial charge >= 0.3 is 0 Å². The first-order chi connectivity index (χ1) is 12.6. The van der Waals surface area contributed by atoms with Crippen molar-refractivity contribution >= 4 is 28.5 Å². The van der Waals surface area contributed by atoms with Crippen LogP contribution in [-0.4, -0.2) is 27.9 Å². The molecule has 0 spiro atoms. The molecule has 26 heavy (non-hydrogen) atoms. The summed E-state index contributed by atoms with van der Waals surface area (Å²) in [5.74, 6) is 0.296. The standard InChI is InChI=1S/C20H22N4O2/c1-3-15-8-4-5-9-16(15)23-19(25)12-21-20(26)13-24-14(2)22-17-10-6-7-11-18(17)24/h4-11H,3,12-13H2,1-2H3,(H,21,26)(H,23,25). The maximum Gasteiger partial charge on any atom is 0.243 e. The van der Waals surface area contributed by atoms with E-state index in [1.165, 1.54) is 0 Å². The number of hydrogen-bond acceptors (Lipinski definition) is 3. The molecule has 0 radical (unpaired) electrons. The minimum Gasteiger partial charge on any atom is -0.345 e. The third-order valence-electron chi connectivity index (χ3n) is 4.27. The Balaban J connectivity index is 1.58. The first kappa shape index (κ1) is 17.7. The van der Waals surface area contributed by atoms with Gasteiger partial charge in [-0.2, -0.15) is 0 Å². The second kappa shape index (κ2) is 7.82. The van der Waals surface area contributed by atoms with Gasteiger partial charge in [-0.1, -0.05) is 37.3 Å². The van der Waals surface area contributed by atoms with Gasteiger partial charge in [0, 0.05) is 5.69 Å². The number of aromatic nitrogens is 2. The zero-order chi connectivity index (χ0) is 18.5. The van der Waals surface area contributed by atoms with E-state index in [0.29, 0.717) is 0 Å². The van der Waals surface area contributed by atoms with Crippen LogP contribution >= 0.6 is 0 Å². The molecular formula is C20H22N4O2. The molecule has 1 heterocycles. The summed E-state index contributed by atoms with van der Waals surface area (Å²) >= 11 is 0. The summed E-state index contributed by atoms with van der Waals surface area (Å²) in [6.07, 6.45) is 0.829. The molecule has 6 heteroatoms. The number of anilines is 1. The molecule has 1 aromatic heterocycles. The molecule has 0 aliphatic carbocycles. The Labute approximate surface area is 152 Å². The predicted octanol–water partition coefficient (Wildman–Crippen LogP) is 2.66. The van der Waals surface area contributed by atoms with Gasteiger partial charge in [-0.15, -0.1) is 0 Å². The van der Waals surface area contributed by atoms with Crippen molar-refractivity contribution in [3.05, 3.63) is 59.9 Å². The highest BCUT2D eigenvalue weighted by Crippen LogP contribution is 2.16. The van der Waals surface area contributed by atoms with Crippen LogP contribution in [0.25, 0.3) is 11.0 Å². The van der Waals surface area contributed by atoms with E-state index in [9.17, 15) is 9.59 Å². The summed E-state index contributed by atoms with van der Waals surface area (Å²) in [6.45, 7) is 3.96. The molecule has 2 N–H and O–H groups in total. The van der Waals surface area contributed by atoms with Gasteiger partial charge in [0.1, 0.15) is 12.4 Å². The molecule has 0 aliphatic rings. The molecule has 3 rings (SSSR count). The fraction of sp³-hybridized carbons (Fsp3) is 0.250. The lowest BCUT2D eigenvalue weighted by molar-refractivity contribution is -0.124. The van der Waals surface area contributed by atoms with Crippen molar-refractivity contribution < 1.29 is 9.59 Å². The zero-order valence-corrected chi connectivity index (χ0v) is 15.0. The minimum atomic E-state index is -0.244. The number of carbonyl (C=O) groups is 2. The number of carbonyl (C=O) groups excluding carboxylic acids is 2. The normalized spacial score (nSPS) is 10.7. The third-order valence-corrected chi connectivity index (χ3v) is 4.27. The van der Waals surface area contributed by atoms with Gasteiger partial charge in [0.15, 0.2) is 0 Å². The summed E-state index contributed by atoms with van der Waals surface area (Å²) in [5, 5.41) is 5.51. The molecule has 2 aromatic carbocycles. The average molecular weight is 350 g/mol. The highest BCUT2D eigenvalue weighted by atomic mass is 16.2. The van der Waals surface area contributed by atoms with Crippen LogP contribution in [0.3, 0.4) is 0 Å². The smallest absolute Gasteiger partial charge is 0.243 e. The molecule has 6 nitrogen and oxygen atoms in total. The van der Waals surface area contributed by atoms with Crippen molar-refractivity contribution in [2.45, 2.75) is 26.8 Å². The number of hydrogen-bond donors (Lipinski definition) is 2. The number of benzene rings is 2. The minimum absolute atomic E-state index is 0.0669. The predicted molar refractivity (Wildman–Crippen MR) is 102 cm³/mol. The van der Waals surface area contributed by atoms with E-state index in [1.54, 1.807) is 0 Å². The molecule has 2 amide bonds. The van der Waals surface area contributed by atoms with Gasteiger partial charge < -0.3 is 15.2 Å². The van der Waals surface area contributed by atoms with E-state index in [1.807, 2.05) is 66.9 Å². The van der Waals surface area contributed by atoms with Crippen LogP contribution in [0.4, 0.5) is 5.69 Å². The molecule has 0 saturated heterocycles. The Morgan fingerprint density at radius 2 is 1.77 bits per heavy atom. The Morgan fingerprint density at radius 1 is 1.04 bits per heavy atom. The highest BCUT2D eigenvalue weighted by Gasteiger charge is 2.12. The lowest BCUT2D eigenvalue weighted by Crippen LogP contribution is -2.35. The monoisotopic (exact) mass is 350 g/mol. The van der Waals surface area contributed by atoms with Gasteiger partial charge in [-0.25, -0.2) is 4.98 Å². The zero-order valence-electron chi connectivity index (χ0n) is 15.0. The highest BCUT2D eigenvalue weighted by molar-refractivity contribution is 5.95. The summed E-state index contributed by atoms with van der Waals surface area (Å²) in [7, 11) is 0. The first-order valence-electron chi connectivity index (χ1n) is 8.64. The number of nitrogens with zero attached hydrogens (tertiary/aromatic N) is 2. The Bertz CT molecular complexity index is 946. The largest absolute Gasteiger partial charge is 0.345 e. The average Bonchev–Trinajstić information content (AvgIpc) is 2.96. The summed E-state index contributed by atoms with van der Waals surface area (Å²) in [4.78, 5) is 28.8. The molecule has 0 bridgehead atoms. The number of imidazole rings is 1. The molecule has 0 unspecified atom stereocenters. The van der Waals surface area contributed by atoms with Crippen LogP contribution in [0.2, 0.25) is 0 Å². The maximum absolute atomic E-state index is 12.2. The van der Waals surface area contributed by atoms with E-state index in [-0.39, 0.29) is 24.9 Å². The van der Waals surface area contributed by atoms with Crippen molar-refractivity contribution in [3.63, 3.8) is 0 Å². The first-order valence-corrected chi connectivity index (χ1v) is 8.64.